The van der Waals surface area contributed by atoms with Crippen LogP contribution in [0, 0.1) is 0 Å². The first kappa shape index (κ1) is 5.08. The van der Waals surface area contributed by atoms with Crippen LogP contribution < -0.4 is 5.50 Å². The SMILES string of the molecule is NP(=O)(O)F. The summed E-state index contributed by atoms with van der Waals surface area (Å²) in [6.45, 7) is 0. The smallest absolute Gasteiger partial charge is 0.309 e. The van der Waals surface area contributed by atoms with Gasteiger partial charge >= 0.3 is 7.83 Å². The molecular formula is H3FNO2P. The van der Waals surface area contributed by atoms with E-state index in [1.54, 1.807) is 0 Å². The Kier molecular flexibility index (Phi) is 1.06. The quantitative estimate of drug-likeness (QED) is 0.420. The fraction of sp³-hybridized carbons (Fsp3) is 0. The minimum atomic E-state index is -4.64. The molecule has 32 valence electrons. The molecule has 3 nitrogen and oxygen atoms in total. The highest BCUT2D eigenvalue weighted by atomic mass is 31.2. The topological polar surface area (TPSA) is 63.3 Å². The van der Waals surface area contributed by atoms with E-state index in [4.69, 9.17) is 9.46 Å². The van der Waals surface area contributed by atoms with Crippen LogP contribution in [-0.4, -0.2) is 4.89 Å². The molecule has 0 bridgehead atoms. The summed E-state index contributed by atoms with van der Waals surface area (Å²) in [7, 11) is -4.64. The van der Waals surface area contributed by atoms with Crippen LogP contribution >= 0.6 is 7.83 Å². The highest BCUT2D eigenvalue weighted by Crippen LogP contribution is 2.29. The number of rotatable bonds is 0. The van der Waals surface area contributed by atoms with Crippen LogP contribution in [-0.2, 0) is 4.57 Å². The van der Waals surface area contributed by atoms with E-state index < -0.39 is 7.83 Å². The van der Waals surface area contributed by atoms with Gasteiger partial charge in [0, 0.05) is 0 Å². The Hall–Kier alpha value is 0.0800. The van der Waals surface area contributed by atoms with Gasteiger partial charge in [0.2, 0.25) is 0 Å². The summed E-state index contributed by atoms with van der Waals surface area (Å²) in [5, 5.41) is 0. The maximum Gasteiger partial charge on any atom is 0.437 e. The minimum absolute atomic E-state index is 3.80. The lowest BCUT2D eigenvalue weighted by Crippen LogP contribution is -1.81. The molecule has 0 fully saturated rings. The standard InChI is InChI=1S/FH3NO2P/c1-5(2,3)4/h(H3,2,3,4). The number of nitrogens with two attached hydrogens (primary N) is 1. The maximum atomic E-state index is 10.6. The molecule has 0 aliphatic heterocycles. The summed E-state index contributed by atoms with van der Waals surface area (Å²) in [6.07, 6.45) is 0. The van der Waals surface area contributed by atoms with E-state index in [1.807, 2.05) is 0 Å². The third-order valence-electron chi connectivity index (χ3n) is 0. The molecule has 0 aliphatic carbocycles. The van der Waals surface area contributed by atoms with Gasteiger partial charge in [-0.3, -0.25) is 0 Å². The normalized spacial score (nSPS) is 21.4. The van der Waals surface area contributed by atoms with E-state index in [2.05, 4.69) is 5.50 Å². The number of halogens is 1. The third-order valence-corrected chi connectivity index (χ3v) is 0. The number of hydrogen-bond donors (Lipinski definition) is 2. The van der Waals surface area contributed by atoms with Crippen molar-refractivity contribution >= 4 is 7.83 Å². The van der Waals surface area contributed by atoms with Gasteiger partial charge in [-0.2, -0.15) is 0 Å². The second-order valence-corrected chi connectivity index (χ2v) is 1.63. The molecule has 3 N–H and O–H groups in total. The van der Waals surface area contributed by atoms with Crippen molar-refractivity contribution in [2.45, 2.75) is 0 Å². The monoisotopic (exact) mass is 99.0 g/mol. The molecule has 0 aliphatic rings. The van der Waals surface area contributed by atoms with Gasteiger partial charge in [-0.15, -0.1) is 4.20 Å². The first-order valence-electron chi connectivity index (χ1n) is 0.810. The van der Waals surface area contributed by atoms with Crippen LogP contribution in [0.1, 0.15) is 0 Å². The molecule has 5 heavy (non-hydrogen) atoms. The zero-order valence-corrected chi connectivity index (χ0v) is 3.15. The lowest BCUT2D eigenvalue weighted by Gasteiger charge is -1.80. The maximum absolute atomic E-state index is 10.6. The molecule has 5 heteroatoms. The van der Waals surface area contributed by atoms with Gasteiger partial charge in [0.25, 0.3) is 0 Å². The molecule has 1 atom stereocenters. The third kappa shape index (κ3) is 2760. The first-order chi connectivity index (χ1) is 2.00. The Bertz CT molecular complexity index is 55.8. The zero-order valence-electron chi connectivity index (χ0n) is 2.26. The largest absolute Gasteiger partial charge is 0.437 e. The molecule has 0 spiro atoms. The lowest BCUT2D eigenvalue weighted by molar-refractivity contribution is 0.431. The van der Waals surface area contributed by atoms with Crippen molar-refractivity contribution < 1.29 is 13.7 Å². The molecule has 0 radical (unpaired) electrons. The molecule has 0 rings (SSSR count). The van der Waals surface area contributed by atoms with E-state index in [1.165, 1.54) is 0 Å². The van der Waals surface area contributed by atoms with Gasteiger partial charge in [-0.05, 0) is 0 Å². The first-order valence-corrected chi connectivity index (χ1v) is 2.43. The van der Waals surface area contributed by atoms with Gasteiger partial charge in [-0.1, -0.05) is 0 Å². The summed E-state index contributed by atoms with van der Waals surface area (Å²) in [5.41, 5.74) is 3.80. The average Bonchev–Trinajstić information content (AvgIpc) is 0.722. The number of hydrogen-bond acceptors (Lipinski definition) is 1. The predicted molar refractivity (Wildman–Crippen MR) is 15.1 cm³/mol. The van der Waals surface area contributed by atoms with Crippen molar-refractivity contribution in [1.82, 2.24) is 0 Å². The van der Waals surface area contributed by atoms with Crippen LogP contribution in [0.3, 0.4) is 0 Å². The molecule has 0 amide bonds. The van der Waals surface area contributed by atoms with E-state index >= 15 is 0 Å². The molecule has 0 saturated heterocycles. The van der Waals surface area contributed by atoms with Crippen molar-refractivity contribution in [2.75, 3.05) is 0 Å². The Morgan fingerprint density at radius 3 is 2.00 bits per heavy atom. The minimum Gasteiger partial charge on any atom is -0.309 e. The molecule has 0 aromatic heterocycles. The van der Waals surface area contributed by atoms with E-state index in [0.29, 0.717) is 0 Å². The summed E-state index contributed by atoms with van der Waals surface area (Å²) < 4.78 is 19.5. The highest BCUT2D eigenvalue weighted by molar-refractivity contribution is 7.49. The van der Waals surface area contributed by atoms with Crippen molar-refractivity contribution in [2.24, 2.45) is 5.50 Å². The van der Waals surface area contributed by atoms with Gasteiger partial charge in [0.15, 0.2) is 0 Å². The highest BCUT2D eigenvalue weighted by Gasteiger charge is 2.01. The Balaban J connectivity index is 3.47. The average molecular weight is 99.0 g/mol. The Labute approximate surface area is 28.2 Å². The lowest BCUT2D eigenvalue weighted by atomic mass is 13.9. The molecule has 1 unspecified atom stereocenters. The summed E-state index contributed by atoms with van der Waals surface area (Å²) in [4.78, 5) is 7.19. The zero-order chi connectivity index (χ0) is 4.50. The molecule has 0 aromatic rings. The van der Waals surface area contributed by atoms with Crippen LogP contribution in [0.25, 0.3) is 0 Å². The summed E-state index contributed by atoms with van der Waals surface area (Å²) in [5.74, 6) is 0. The molecule has 0 aromatic carbocycles. The van der Waals surface area contributed by atoms with Crippen LogP contribution in [0.2, 0.25) is 0 Å². The molecule has 0 saturated carbocycles. The second-order valence-electron chi connectivity index (χ2n) is 0.545. The summed E-state index contributed by atoms with van der Waals surface area (Å²) in [6, 6.07) is 0. The van der Waals surface area contributed by atoms with Gasteiger partial charge < -0.3 is 4.89 Å². The molecular weight excluding hydrogens is 96.0 g/mol. The van der Waals surface area contributed by atoms with Crippen molar-refractivity contribution in [3.63, 3.8) is 0 Å². The summed E-state index contributed by atoms with van der Waals surface area (Å²) >= 11 is 0. The van der Waals surface area contributed by atoms with E-state index in [0.717, 1.165) is 0 Å². The van der Waals surface area contributed by atoms with Crippen LogP contribution in [0.15, 0.2) is 0 Å². The van der Waals surface area contributed by atoms with Crippen molar-refractivity contribution in [3.8, 4) is 0 Å². The predicted octanol–water partition coefficient (Wildman–Crippen LogP) is 0.0150. The van der Waals surface area contributed by atoms with Crippen LogP contribution in [0.5, 0.6) is 0 Å². The second kappa shape index (κ2) is 1.05. The Morgan fingerprint density at radius 2 is 2.00 bits per heavy atom. The van der Waals surface area contributed by atoms with Gasteiger partial charge in [-0.25, -0.2) is 10.1 Å². The van der Waals surface area contributed by atoms with Crippen LogP contribution in [0.4, 0.5) is 4.20 Å². The Morgan fingerprint density at radius 1 is 2.00 bits per heavy atom. The van der Waals surface area contributed by atoms with Crippen molar-refractivity contribution in [3.05, 3.63) is 0 Å². The fourth-order valence-electron chi connectivity index (χ4n) is 0. The van der Waals surface area contributed by atoms with Gasteiger partial charge in [0.1, 0.15) is 0 Å². The van der Waals surface area contributed by atoms with E-state index in [-0.39, 0.29) is 0 Å². The fourth-order valence-corrected chi connectivity index (χ4v) is 0. The van der Waals surface area contributed by atoms with Gasteiger partial charge in [0.05, 0.1) is 0 Å². The molecule has 0 heterocycles. The van der Waals surface area contributed by atoms with Crippen molar-refractivity contribution in [1.29, 1.82) is 0 Å². The van der Waals surface area contributed by atoms with E-state index in [9.17, 15) is 4.20 Å².